The molecule has 6 nitrogen and oxygen atoms in total. The van der Waals surface area contributed by atoms with Crippen molar-refractivity contribution in [3.05, 3.63) is 21.9 Å². The minimum Gasteiger partial charge on any atom is -0.384 e. The number of ether oxygens (including phenoxy) is 1. The van der Waals surface area contributed by atoms with Crippen LogP contribution in [0.3, 0.4) is 0 Å². The number of rotatable bonds is 7. The van der Waals surface area contributed by atoms with Gasteiger partial charge in [0.1, 0.15) is 6.61 Å². The van der Waals surface area contributed by atoms with Crippen LogP contribution in [0, 0.1) is 11.8 Å². The van der Waals surface area contributed by atoms with Gasteiger partial charge in [0, 0.05) is 43.1 Å². The van der Waals surface area contributed by atoms with E-state index in [0.717, 1.165) is 10.4 Å². The Morgan fingerprint density at radius 3 is 2.95 bits per heavy atom. The van der Waals surface area contributed by atoms with Crippen LogP contribution in [0.1, 0.15) is 10.4 Å². The van der Waals surface area contributed by atoms with Gasteiger partial charge in [-0.3, -0.25) is 0 Å². The summed E-state index contributed by atoms with van der Waals surface area (Å²) in [6, 6.07) is 1.81. The smallest absolute Gasteiger partial charge is 0.279 e. The molecule has 0 spiro atoms. The van der Waals surface area contributed by atoms with Gasteiger partial charge in [-0.05, 0) is 6.07 Å². The summed E-state index contributed by atoms with van der Waals surface area (Å²) in [6.45, 7) is 0.643. The molecule has 0 aromatic carbocycles. The maximum Gasteiger partial charge on any atom is 0.279 e. The Hall–Kier alpha value is -0.950. The van der Waals surface area contributed by atoms with Crippen LogP contribution in [-0.4, -0.2) is 51.7 Å². The van der Waals surface area contributed by atoms with Crippen molar-refractivity contribution >= 4 is 21.5 Å². The van der Waals surface area contributed by atoms with Gasteiger partial charge >= 0.3 is 0 Å². The molecule has 8 heteroatoms. The number of nitrogens with one attached hydrogen (secondary N) is 1. The molecule has 1 aromatic rings. The fourth-order valence-corrected chi connectivity index (χ4v) is 3.18. The number of aliphatic hydroxyl groups is 1. The molecule has 0 saturated carbocycles. The van der Waals surface area contributed by atoms with E-state index in [2.05, 4.69) is 16.6 Å². The highest BCUT2D eigenvalue weighted by Gasteiger charge is 2.17. The van der Waals surface area contributed by atoms with Gasteiger partial charge in [-0.1, -0.05) is 11.8 Å². The van der Waals surface area contributed by atoms with Crippen LogP contribution in [0.2, 0.25) is 0 Å². The van der Waals surface area contributed by atoms with E-state index in [1.54, 1.807) is 0 Å². The van der Waals surface area contributed by atoms with Crippen molar-refractivity contribution in [3.63, 3.8) is 0 Å². The molecule has 0 unspecified atom stereocenters. The molecule has 0 bridgehead atoms. The highest BCUT2D eigenvalue weighted by molar-refractivity contribution is 7.87. The van der Waals surface area contributed by atoms with E-state index in [9.17, 15) is 8.42 Å². The van der Waals surface area contributed by atoms with Crippen LogP contribution in [0.15, 0.2) is 11.4 Å². The molecule has 1 rings (SSSR count). The largest absolute Gasteiger partial charge is 0.384 e. The lowest BCUT2D eigenvalue weighted by Crippen LogP contribution is -2.39. The lowest BCUT2D eigenvalue weighted by Gasteiger charge is -2.16. The first-order valence-corrected chi connectivity index (χ1v) is 8.18. The van der Waals surface area contributed by atoms with Crippen LogP contribution in [0.5, 0.6) is 0 Å². The van der Waals surface area contributed by atoms with Gasteiger partial charge in [-0.25, -0.2) is 0 Å². The van der Waals surface area contributed by atoms with Crippen molar-refractivity contribution in [1.82, 2.24) is 9.03 Å². The van der Waals surface area contributed by atoms with E-state index in [4.69, 9.17) is 9.84 Å². The molecule has 0 saturated heterocycles. The fourth-order valence-electron chi connectivity index (χ4n) is 1.36. The summed E-state index contributed by atoms with van der Waals surface area (Å²) in [5.74, 6) is 5.33. The number of hydrogen-bond acceptors (Lipinski definition) is 5. The number of thiophene rings is 1. The zero-order valence-electron chi connectivity index (χ0n) is 11.4. The average molecular weight is 318 g/mol. The lowest BCUT2D eigenvalue weighted by atomic mass is 10.3. The predicted molar refractivity (Wildman–Crippen MR) is 78.5 cm³/mol. The molecule has 20 heavy (non-hydrogen) atoms. The Kier molecular flexibility index (Phi) is 7.15. The SMILES string of the molecule is COCCNS(=O)(=O)N(C)Cc1cc(C#CCO)cs1. The summed E-state index contributed by atoms with van der Waals surface area (Å²) >= 11 is 1.43. The van der Waals surface area contributed by atoms with Crippen molar-refractivity contribution in [2.75, 3.05) is 33.9 Å². The van der Waals surface area contributed by atoms with Crippen LogP contribution >= 0.6 is 11.3 Å². The number of aliphatic hydroxyl groups excluding tert-OH is 1. The number of nitrogens with zero attached hydrogens (tertiary/aromatic N) is 1. The summed E-state index contributed by atoms with van der Waals surface area (Å²) in [5, 5.41) is 10.4. The molecule has 0 amide bonds. The second kappa shape index (κ2) is 8.36. The molecular weight excluding hydrogens is 300 g/mol. The molecule has 0 fully saturated rings. The first kappa shape index (κ1) is 17.1. The summed E-state index contributed by atoms with van der Waals surface area (Å²) in [7, 11) is -0.484. The van der Waals surface area contributed by atoms with E-state index >= 15 is 0 Å². The highest BCUT2D eigenvalue weighted by atomic mass is 32.2. The van der Waals surface area contributed by atoms with Gasteiger partial charge in [0.2, 0.25) is 0 Å². The van der Waals surface area contributed by atoms with Crippen molar-refractivity contribution < 1.29 is 18.3 Å². The molecule has 0 atom stereocenters. The van der Waals surface area contributed by atoms with Gasteiger partial charge in [-0.15, -0.1) is 11.3 Å². The Balaban J connectivity index is 2.60. The maximum atomic E-state index is 11.9. The van der Waals surface area contributed by atoms with E-state index in [0.29, 0.717) is 6.61 Å². The second-order valence-electron chi connectivity index (χ2n) is 3.91. The third-order valence-corrected chi connectivity index (χ3v) is 4.79. The van der Waals surface area contributed by atoms with E-state index < -0.39 is 10.2 Å². The average Bonchev–Trinajstić information content (AvgIpc) is 2.84. The number of methoxy groups -OCH3 is 1. The summed E-state index contributed by atoms with van der Waals surface area (Å²) < 4.78 is 32.3. The molecule has 2 N–H and O–H groups in total. The van der Waals surface area contributed by atoms with E-state index in [1.165, 1.54) is 29.8 Å². The third-order valence-electron chi connectivity index (χ3n) is 2.35. The molecule has 112 valence electrons. The minimum atomic E-state index is -3.50. The van der Waals surface area contributed by atoms with Crippen molar-refractivity contribution in [1.29, 1.82) is 0 Å². The fraction of sp³-hybridized carbons (Fsp3) is 0.500. The zero-order valence-corrected chi connectivity index (χ0v) is 13.1. The third kappa shape index (κ3) is 5.58. The topological polar surface area (TPSA) is 78.9 Å². The van der Waals surface area contributed by atoms with Crippen LogP contribution < -0.4 is 4.72 Å². The Morgan fingerprint density at radius 2 is 2.30 bits per heavy atom. The summed E-state index contributed by atoms with van der Waals surface area (Å²) in [5.41, 5.74) is 0.775. The van der Waals surface area contributed by atoms with Crippen LogP contribution in [0.25, 0.3) is 0 Å². The lowest BCUT2D eigenvalue weighted by molar-refractivity contribution is 0.204. The predicted octanol–water partition coefficient (Wildman–Crippen LogP) is 0.00450. The van der Waals surface area contributed by atoms with Crippen molar-refractivity contribution in [3.8, 4) is 11.8 Å². The summed E-state index contributed by atoms with van der Waals surface area (Å²) in [4.78, 5) is 0.881. The van der Waals surface area contributed by atoms with Gasteiger partial charge < -0.3 is 9.84 Å². The monoisotopic (exact) mass is 318 g/mol. The van der Waals surface area contributed by atoms with Crippen LogP contribution in [-0.2, 0) is 21.5 Å². The Labute approximate surface area is 123 Å². The second-order valence-corrected chi connectivity index (χ2v) is 6.77. The molecular formula is C12H18N2O4S2. The molecule has 0 aliphatic heterocycles. The molecule has 0 aliphatic rings. The Morgan fingerprint density at radius 1 is 1.55 bits per heavy atom. The standard InChI is InChI=1S/C12H18N2O4S2/c1-14(20(16,17)13-5-7-18-2)9-12-8-11(10-19-12)4-3-6-15/h8,10,13,15H,5-7,9H2,1-2H3. The highest BCUT2D eigenvalue weighted by Crippen LogP contribution is 2.16. The quantitative estimate of drug-likeness (QED) is 0.548. The molecule has 1 aromatic heterocycles. The first-order chi connectivity index (χ1) is 9.49. The van der Waals surface area contributed by atoms with E-state index in [1.807, 2.05) is 11.4 Å². The Bertz CT molecular complexity index is 572. The number of hydrogen-bond donors (Lipinski definition) is 2. The first-order valence-electron chi connectivity index (χ1n) is 5.86. The van der Waals surface area contributed by atoms with Crippen molar-refractivity contribution in [2.45, 2.75) is 6.54 Å². The maximum absolute atomic E-state index is 11.9. The van der Waals surface area contributed by atoms with Gasteiger partial charge in [-0.2, -0.15) is 17.4 Å². The zero-order chi connectivity index (χ0) is 15.0. The van der Waals surface area contributed by atoms with Crippen LogP contribution in [0.4, 0.5) is 0 Å². The summed E-state index contributed by atoms with van der Waals surface area (Å²) in [6.07, 6.45) is 0. The molecule has 0 radical (unpaired) electrons. The van der Waals surface area contributed by atoms with Gasteiger partial charge in [0.15, 0.2) is 0 Å². The van der Waals surface area contributed by atoms with E-state index in [-0.39, 0.29) is 19.7 Å². The normalized spacial score (nSPS) is 11.4. The van der Waals surface area contributed by atoms with Gasteiger partial charge in [0.25, 0.3) is 10.2 Å². The minimum absolute atomic E-state index is 0.192. The van der Waals surface area contributed by atoms with Crippen molar-refractivity contribution in [2.24, 2.45) is 0 Å². The molecule has 0 aliphatic carbocycles. The molecule has 1 heterocycles. The van der Waals surface area contributed by atoms with Gasteiger partial charge in [0.05, 0.1) is 6.61 Å².